The summed E-state index contributed by atoms with van der Waals surface area (Å²) < 4.78 is 0. The van der Waals surface area contributed by atoms with E-state index in [1.807, 2.05) is 0 Å². The Morgan fingerprint density at radius 1 is 0.857 bits per heavy atom. The SMILES string of the molecule is CCC(C)C(CC)(CC)C(C)(C)CC. The molecule has 0 heteroatoms. The van der Waals surface area contributed by atoms with Crippen molar-refractivity contribution in [1.82, 2.24) is 0 Å². The van der Waals surface area contributed by atoms with Crippen LogP contribution in [-0.2, 0) is 0 Å². The Morgan fingerprint density at radius 3 is 1.50 bits per heavy atom. The molecule has 0 aromatic carbocycles. The molecule has 0 aliphatic carbocycles. The van der Waals surface area contributed by atoms with E-state index in [0.29, 0.717) is 10.8 Å². The average molecular weight is 198 g/mol. The van der Waals surface area contributed by atoms with Gasteiger partial charge in [-0.05, 0) is 29.6 Å². The monoisotopic (exact) mass is 198 g/mol. The minimum Gasteiger partial charge on any atom is -0.0651 e. The Labute approximate surface area is 91.5 Å². The molecule has 0 saturated heterocycles. The van der Waals surface area contributed by atoms with Crippen LogP contribution in [0, 0.1) is 16.7 Å². The maximum absolute atomic E-state index is 2.45. The van der Waals surface area contributed by atoms with Crippen LogP contribution in [0.1, 0.15) is 74.1 Å². The second-order valence-electron chi connectivity index (χ2n) is 5.41. The molecular weight excluding hydrogens is 168 g/mol. The van der Waals surface area contributed by atoms with Gasteiger partial charge in [-0.1, -0.05) is 61.3 Å². The molecule has 1 atom stereocenters. The first-order valence-corrected chi connectivity index (χ1v) is 6.41. The van der Waals surface area contributed by atoms with E-state index in [9.17, 15) is 0 Å². The molecule has 14 heavy (non-hydrogen) atoms. The molecule has 0 N–H and O–H groups in total. The van der Waals surface area contributed by atoms with Gasteiger partial charge in [-0.15, -0.1) is 0 Å². The molecule has 0 radical (unpaired) electrons. The van der Waals surface area contributed by atoms with Crippen LogP contribution < -0.4 is 0 Å². The molecule has 0 aliphatic heterocycles. The lowest BCUT2D eigenvalue weighted by Crippen LogP contribution is -2.41. The maximum atomic E-state index is 2.45. The molecular formula is C14H30. The lowest BCUT2D eigenvalue weighted by molar-refractivity contribution is -0.00547. The highest BCUT2D eigenvalue weighted by atomic mass is 14.5. The van der Waals surface area contributed by atoms with Crippen LogP contribution in [-0.4, -0.2) is 0 Å². The van der Waals surface area contributed by atoms with Crippen molar-refractivity contribution in [1.29, 1.82) is 0 Å². The molecule has 0 aromatic heterocycles. The lowest BCUT2D eigenvalue weighted by atomic mass is 9.55. The van der Waals surface area contributed by atoms with Crippen LogP contribution in [0.5, 0.6) is 0 Å². The standard InChI is InChI=1S/C14H30/c1-8-12(5)14(10-3,11-4)13(6,7)9-2/h12H,8-11H2,1-7H3. The Balaban J connectivity index is 5.05. The van der Waals surface area contributed by atoms with E-state index in [1.165, 1.54) is 25.7 Å². The Kier molecular flexibility index (Phi) is 5.19. The molecule has 0 saturated carbocycles. The quantitative estimate of drug-likeness (QED) is 0.545. The van der Waals surface area contributed by atoms with Gasteiger partial charge < -0.3 is 0 Å². The molecule has 0 aliphatic rings. The van der Waals surface area contributed by atoms with Crippen molar-refractivity contribution in [3.8, 4) is 0 Å². The van der Waals surface area contributed by atoms with E-state index in [4.69, 9.17) is 0 Å². The van der Waals surface area contributed by atoms with Gasteiger partial charge >= 0.3 is 0 Å². The summed E-state index contributed by atoms with van der Waals surface area (Å²) in [6.45, 7) is 16.7. The summed E-state index contributed by atoms with van der Waals surface area (Å²) in [7, 11) is 0. The van der Waals surface area contributed by atoms with Crippen molar-refractivity contribution < 1.29 is 0 Å². The Morgan fingerprint density at radius 2 is 1.29 bits per heavy atom. The van der Waals surface area contributed by atoms with Gasteiger partial charge in [0.25, 0.3) is 0 Å². The predicted molar refractivity (Wildman–Crippen MR) is 66.5 cm³/mol. The van der Waals surface area contributed by atoms with Crippen molar-refractivity contribution in [3.63, 3.8) is 0 Å². The zero-order valence-corrected chi connectivity index (χ0v) is 11.4. The van der Waals surface area contributed by atoms with Crippen LogP contribution in [0.15, 0.2) is 0 Å². The summed E-state index contributed by atoms with van der Waals surface area (Å²) in [5.74, 6) is 0.840. The van der Waals surface area contributed by atoms with E-state index < -0.39 is 0 Å². The van der Waals surface area contributed by atoms with Crippen molar-refractivity contribution in [2.45, 2.75) is 74.1 Å². The van der Waals surface area contributed by atoms with Gasteiger partial charge in [-0.25, -0.2) is 0 Å². The van der Waals surface area contributed by atoms with Crippen molar-refractivity contribution >= 4 is 0 Å². The zero-order valence-electron chi connectivity index (χ0n) is 11.4. The maximum Gasteiger partial charge on any atom is -0.0226 e. The van der Waals surface area contributed by atoms with Crippen LogP contribution in [0.3, 0.4) is 0 Å². The van der Waals surface area contributed by atoms with E-state index >= 15 is 0 Å². The van der Waals surface area contributed by atoms with Crippen molar-refractivity contribution in [2.24, 2.45) is 16.7 Å². The van der Waals surface area contributed by atoms with Crippen LogP contribution in [0.2, 0.25) is 0 Å². The highest BCUT2D eigenvalue weighted by molar-refractivity contribution is 4.93. The van der Waals surface area contributed by atoms with Crippen molar-refractivity contribution in [3.05, 3.63) is 0 Å². The smallest absolute Gasteiger partial charge is 0.0226 e. The highest BCUT2D eigenvalue weighted by Crippen LogP contribution is 2.52. The topological polar surface area (TPSA) is 0 Å². The molecule has 1 unspecified atom stereocenters. The molecule has 0 rings (SSSR count). The minimum atomic E-state index is 0.478. The summed E-state index contributed by atoms with van der Waals surface area (Å²) in [6.07, 6.45) is 5.24. The molecule has 0 spiro atoms. The third-order valence-electron chi connectivity index (χ3n) is 5.05. The second-order valence-corrected chi connectivity index (χ2v) is 5.41. The molecule has 0 fully saturated rings. The van der Waals surface area contributed by atoms with E-state index in [1.54, 1.807) is 0 Å². The van der Waals surface area contributed by atoms with Crippen molar-refractivity contribution in [2.75, 3.05) is 0 Å². The van der Waals surface area contributed by atoms with E-state index in [-0.39, 0.29) is 0 Å². The second kappa shape index (κ2) is 5.19. The molecule has 0 nitrogen and oxygen atoms in total. The van der Waals surface area contributed by atoms with Gasteiger partial charge in [0.1, 0.15) is 0 Å². The first-order chi connectivity index (χ1) is 6.41. The summed E-state index contributed by atoms with van der Waals surface area (Å²) >= 11 is 0. The molecule has 0 bridgehead atoms. The lowest BCUT2D eigenvalue weighted by Gasteiger charge is -2.50. The number of hydrogen-bond donors (Lipinski definition) is 0. The minimum absolute atomic E-state index is 0.478. The Bertz CT molecular complexity index is 151. The van der Waals surface area contributed by atoms with Gasteiger partial charge in [-0.2, -0.15) is 0 Å². The fraction of sp³-hybridized carbons (Fsp3) is 1.00. The van der Waals surface area contributed by atoms with Crippen LogP contribution in [0.4, 0.5) is 0 Å². The molecule has 0 aromatic rings. The summed E-state index contributed by atoms with van der Waals surface area (Å²) in [5, 5.41) is 0. The van der Waals surface area contributed by atoms with Gasteiger partial charge in [0.05, 0.1) is 0 Å². The van der Waals surface area contributed by atoms with E-state index in [0.717, 1.165) is 5.92 Å². The van der Waals surface area contributed by atoms with Gasteiger partial charge in [-0.3, -0.25) is 0 Å². The third kappa shape index (κ3) is 2.15. The highest BCUT2D eigenvalue weighted by Gasteiger charge is 2.43. The molecule has 0 amide bonds. The Hall–Kier alpha value is 0. The largest absolute Gasteiger partial charge is 0.0651 e. The summed E-state index contributed by atoms with van der Waals surface area (Å²) in [4.78, 5) is 0. The average Bonchev–Trinajstić information content (AvgIpc) is 2.19. The van der Waals surface area contributed by atoms with Gasteiger partial charge in [0, 0.05) is 0 Å². The van der Waals surface area contributed by atoms with Gasteiger partial charge in [0.15, 0.2) is 0 Å². The number of rotatable bonds is 6. The molecule has 86 valence electrons. The normalized spacial score (nSPS) is 15.6. The fourth-order valence-corrected chi connectivity index (χ4v) is 3.31. The first-order valence-electron chi connectivity index (χ1n) is 6.41. The van der Waals surface area contributed by atoms with Gasteiger partial charge in [0.2, 0.25) is 0 Å². The summed E-state index contributed by atoms with van der Waals surface area (Å²) in [6, 6.07) is 0. The number of hydrogen-bond acceptors (Lipinski definition) is 0. The summed E-state index contributed by atoms with van der Waals surface area (Å²) in [5.41, 5.74) is 1.02. The van der Waals surface area contributed by atoms with E-state index in [2.05, 4.69) is 48.5 Å². The van der Waals surface area contributed by atoms with Crippen LogP contribution in [0.25, 0.3) is 0 Å². The fourth-order valence-electron chi connectivity index (χ4n) is 3.31. The first kappa shape index (κ1) is 14.0. The van der Waals surface area contributed by atoms with Crippen LogP contribution >= 0.6 is 0 Å². The third-order valence-corrected chi connectivity index (χ3v) is 5.05. The predicted octanol–water partition coefficient (Wildman–Crippen LogP) is 5.28. The zero-order chi connectivity index (χ0) is 11.4. The molecule has 0 heterocycles.